The fourth-order valence-electron chi connectivity index (χ4n) is 2.90. The van der Waals surface area contributed by atoms with Crippen LogP contribution in [0.1, 0.15) is 16.0 Å². The van der Waals surface area contributed by atoms with Gasteiger partial charge in [-0.15, -0.1) is 11.3 Å². The number of benzene rings is 1. The van der Waals surface area contributed by atoms with Crippen molar-refractivity contribution in [3.05, 3.63) is 56.2 Å². The van der Waals surface area contributed by atoms with E-state index in [-0.39, 0.29) is 5.91 Å². The standard InChI is InChI=1S/C17H14ClNO2S/c18-14-1-2-15-12(8-14)7-13(10-21-15)17(20)19-5-3-16-11(9-19)4-6-22-16/h1-2,4,6-8H,3,5,9-10H2. The van der Waals surface area contributed by atoms with Crippen LogP contribution in [0.3, 0.4) is 0 Å². The number of carbonyl (C=O) groups excluding carboxylic acids is 1. The average Bonchev–Trinajstić information content (AvgIpc) is 3.01. The summed E-state index contributed by atoms with van der Waals surface area (Å²) in [5, 5.41) is 2.74. The number of carbonyl (C=O) groups is 1. The van der Waals surface area contributed by atoms with Gasteiger partial charge in [-0.2, -0.15) is 0 Å². The molecule has 0 bridgehead atoms. The predicted octanol–water partition coefficient (Wildman–Crippen LogP) is 3.76. The van der Waals surface area contributed by atoms with Crippen molar-refractivity contribution in [3.8, 4) is 5.75 Å². The Labute approximate surface area is 137 Å². The first-order chi connectivity index (χ1) is 10.7. The van der Waals surface area contributed by atoms with E-state index in [1.807, 2.05) is 23.1 Å². The molecule has 22 heavy (non-hydrogen) atoms. The van der Waals surface area contributed by atoms with Crippen LogP contribution < -0.4 is 4.74 Å². The number of thiophene rings is 1. The third kappa shape index (κ3) is 2.42. The van der Waals surface area contributed by atoms with Gasteiger partial charge in [0.2, 0.25) is 0 Å². The number of nitrogens with zero attached hydrogens (tertiary/aromatic N) is 1. The molecule has 0 fully saturated rings. The van der Waals surface area contributed by atoms with Gasteiger partial charge < -0.3 is 9.64 Å². The van der Waals surface area contributed by atoms with Crippen LogP contribution in [-0.4, -0.2) is 24.0 Å². The number of ether oxygens (including phenoxy) is 1. The van der Waals surface area contributed by atoms with Crippen LogP contribution in [-0.2, 0) is 17.8 Å². The highest BCUT2D eigenvalue weighted by atomic mass is 35.5. The molecule has 2 aliphatic heterocycles. The summed E-state index contributed by atoms with van der Waals surface area (Å²) in [5.74, 6) is 0.835. The first kappa shape index (κ1) is 13.9. The molecular weight excluding hydrogens is 318 g/mol. The Morgan fingerprint density at radius 2 is 2.23 bits per heavy atom. The quantitative estimate of drug-likeness (QED) is 0.796. The zero-order chi connectivity index (χ0) is 15.1. The summed E-state index contributed by atoms with van der Waals surface area (Å²) < 4.78 is 5.69. The van der Waals surface area contributed by atoms with Crippen molar-refractivity contribution in [2.75, 3.05) is 13.2 Å². The molecule has 112 valence electrons. The summed E-state index contributed by atoms with van der Waals surface area (Å²) in [5.41, 5.74) is 2.83. The molecule has 0 saturated heterocycles. The van der Waals surface area contributed by atoms with E-state index in [0.29, 0.717) is 23.7 Å². The van der Waals surface area contributed by atoms with Crippen LogP contribution in [0.2, 0.25) is 5.02 Å². The second kappa shape index (κ2) is 5.45. The maximum atomic E-state index is 12.7. The Morgan fingerprint density at radius 3 is 3.14 bits per heavy atom. The molecule has 0 spiro atoms. The van der Waals surface area contributed by atoms with E-state index in [4.69, 9.17) is 16.3 Å². The molecule has 0 radical (unpaired) electrons. The molecule has 1 aromatic heterocycles. The fraction of sp³-hybridized carbons (Fsp3) is 0.235. The van der Waals surface area contributed by atoms with E-state index in [1.54, 1.807) is 17.4 Å². The van der Waals surface area contributed by atoms with E-state index in [1.165, 1.54) is 10.4 Å². The van der Waals surface area contributed by atoms with Crippen molar-refractivity contribution >= 4 is 34.9 Å². The molecule has 3 nitrogen and oxygen atoms in total. The minimum absolute atomic E-state index is 0.0578. The lowest BCUT2D eigenvalue weighted by molar-refractivity contribution is -0.128. The molecule has 1 amide bonds. The van der Waals surface area contributed by atoms with Crippen LogP contribution in [0, 0.1) is 0 Å². The van der Waals surface area contributed by atoms with E-state index in [0.717, 1.165) is 24.3 Å². The smallest absolute Gasteiger partial charge is 0.253 e. The molecule has 0 unspecified atom stereocenters. The molecule has 0 aliphatic carbocycles. The van der Waals surface area contributed by atoms with Crippen LogP contribution in [0.4, 0.5) is 0 Å². The third-order valence-corrected chi connectivity index (χ3v) is 5.31. The van der Waals surface area contributed by atoms with Gasteiger partial charge in [0.25, 0.3) is 5.91 Å². The van der Waals surface area contributed by atoms with E-state index < -0.39 is 0 Å². The number of rotatable bonds is 1. The van der Waals surface area contributed by atoms with Crippen LogP contribution in [0.5, 0.6) is 5.75 Å². The molecule has 5 heteroatoms. The number of fused-ring (bicyclic) bond motifs is 2. The highest BCUT2D eigenvalue weighted by Crippen LogP contribution is 2.31. The largest absolute Gasteiger partial charge is 0.488 e. The molecule has 1 aromatic carbocycles. The van der Waals surface area contributed by atoms with Crippen molar-refractivity contribution in [1.82, 2.24) is 4.90 Å². The second-order valence-electron chi connectivity index (χ2n) is 5.49. The third-order valence-electron chi connectivity index (χ3n) is 4.05. The lowest BCUT2D eigenvalue weighted by Gasteiger charge is -2.29. The van der Waals surface area contributed by atoms with Crippen molar-refractivity contribution in [3.63, 3.8) is 0 Å². The molecule has 2 aromatic rings. The van der Waals surface area contributed by atoms with E-state index in [9.17, 15) is 4.79 Å². The summed E-state index contributed by atoms with van der Waals surface area (Å²) in [7, 11) is 0. The van der Waals surface area contributed by atoms with Gasteiger partial charge in [0.15, 0.2) is 0 Å². The number of hydrogen-bond acceptors (Lipinski definition) is 3. The van der Waals surface area contributed by atoms with Gasteiger partial charge in [-0.1, -0.05) is 11.6 Å². The van der Waals surface area contributed by atoms with Crippen molar-refractivity contribution in [2.24, 2.45) is 0 Å². The van der Waals surface area contributed by atoms with Crippen LogP contribution in [0.25, 0.3) is 6.08 Å². The van der Waals surface area contributed by atoms with Crippen molar-refractivity contribution < 1.29 is 9.53 Å². The molecular formula is C17H14ClNO2S. The highest BCUT2D eigenvalue weighted by molar-refractivity contribution is 7.10. The van der Waals surface area contributed by atoms with Gasteiger partial charge in [0, 0.05) is 28.6 Å². The first-order valence-electron chi connectivity index (χ1n) is 7.18. The van der Waals surface area contributed by atoms with Crippen molar-refractivity contribution in [2.45, 2.75) is 13.0 Å². The highest BCUT2D eigenvalue weighted by Gasteiger charge is 2.26. The summed E-state index contributed by atoms with van der Waals surface area (Å²) >= 11 is 7.79. The van der Waals surface area contributed by atoms with Crippen LogP contribution in [0.15, 0.2) is 35.2 Å². The summed E-state index contributed by atoms with van der Waals surface area (Å²) in [4.78, 5) is 16.0. The number of amides is 1. The average molecular weight is 332 g/mol. The zero-order valence-electron chi connectivity index (χ0n) is 11.8. The first-order valence-corrected chi connectivity index (χ1v) is 8.44. The molecule has 0 saturated carbocycles. The maximum Gasteiger partial charge on any atom is 0.253 e. The minimum atomic E-state index is 0.0578. The molecule has 4 rings (SSSR count). The minimum Gasteiger partial charge on any atom is -0.488 e. The van der Waals surface area contributed by atoms with Gasteiger partial charge >= 0.3 is 0 Å². The fourth-order valence-corrected chi connectivity index (χ4v) is 3.97. The predicted molar refractivity (Wildman–Crippen MR) is 88.4 cm³/mol. The zero-order valence-corrected chi connectivity index (χ0v) is 13.4. The van der Waals surface area contributed by atoms with Gasteiger partial charge in [-0.3, -0.25) is 4.79 Å². The molecule has 0 atom stereocenters. The Balaban J connectivity index is 1.59. The van der Waals surface area contributed by atoms with E-state index >= 15 is 0 Å². The van der Waals surface area contributed by atoms with Crippen LogP contribution >= 0.6 is 22.9 Å². The summed E-state index contributed by atoms with van der Waals surface area (Å²) in [6.45, 7) is 1.78. The molecule has 0 N–H and O–H groups in total. The van der Waals surface area contributed by atoms with Gasteiger partial charge in [0.1, 0.15) is 12.4 Å². The Morgan fingerprint density at radius 1 is 1.32 bits per heavy atom. The van der Waals surface area contributed by atoms with Gasteiger partial charge in [0.05, 0.1) is 5.57 Å². The normalized spacial score (nSPS) is 16.4. The van der Waals surface area contributed by atoms with Gasteiger partial charge in [-0.25, -0.2) is 0 Å². The van der Waals surface area contributed by atoms with Gasteiger partial charge in [-0.05, 0) is 47.7 Å². The lowest BCUT2D eigenvalue weighted by Crippen LogP contribution is -2.37. The number of halogens is 1. The molecule has 2 aliphatic rings. The Kier molecular flexibility index (Phi) is 3.43. The molecule has 3 heterocycles. The SMILES string of the molecule is O=C(C1=Cc2cc(Cl)ccc2OC1)N1CCc2sccc2C1. The summed E-state index contributed by atoms with van der Waals surface area (Å²) in [6.07, 6.45) is 2.84. The Hall–Kier alpha value is -1.78. The van der Waals surface area contributed by atoms with Crippen molar-refractivity contribution in [1.29, 1.82) is 0 Å². The topological polar surface area (TPSA) is 29.5 Å². The number of hydrogen-bond donors (Lipinski definition) is 0. The monoisotopic (exact) mass is 331 g/mol. The maximum absolute atomic E-state index is 12.7. The summed E-state index contributed by atoms with van der Waals surface area (Å²) in [6, 6.07) is 7.58. The second-order valence-corrected chi connectivity index (χ2v) is 6.92. The lowest BCUT2D eigenvalue weighted by atomic mass is 10.0. The van der Waals surface area contributed by atoms with E-state index in [2.05, 4.69) is 11.4 Å². The Bertz CT molecular complexity index is 781.